The molecule has 1 aromatic heterocycles. The number of hydrogen-bond acceptors (Lipinski definition) is 3. The first-order valence-electron chi connectivity index (χ1n) is 6.87. The van der Waals surface area contributed by atoms with Crippen LogP contribution in [-0.4, -0.2) is 16.9 Å². The Bertz CT molecular complexity index is 539. The van der Waals surface area contributed by atoms with Crippen LogP contribution in [0.15, 0.2) is 12.3 Å². The Balaban J connectivity index is 1.96. The van der Waals surface area contributed by atoms with Gasteiger partial charge in [0, 0.05) is 12.2 Å². The maximum absolute atomic E-state index is 12.2. The van der Waals surface area contributed by atoms with E-state index >= 15 is 0 Å². The van der Waals surface area contributed by atoms with E-state index in [2.05, 4.69) is 37.1 Å². The first kappa shape index (κ1) is 12.6. The fourth-order valence-corrected chi connectivity index (χ4v) is 3.13. The van der Waals surface area contributed by atoms with Crippen molar-refractivity contribution >= 4 is 11.7 Å². The molecule has 1 aliphatic heterocycles. The molecule has 2 aliphatic rings. The van der Waals surface area contributed by atoms with E-state index < -0.39 is 0 Å². The first-order valence-corrected chi connectivity index (χ1v) is 6.87. The van der Waals surface area contributed by atoms with Crippen molar-refractivity contribution in [2.45, 2.75) is 51.5 Å². The van der Waals surface area contributed by atoms with E-state index in [1.165, 1.54) is 5.56 Å². The zero-order valence-electron chi connectivity index (χ0n) is 11.8. The van der Waals surface area contributed by atoms with Gasteiger partial charge in [0.05, 0.1) is 5.41 Å². The van der Waals surface area contributed by atoms with E-state index in [-0.39, 0.29) is 22.8 Å². The Morgan fingerprint density at radius 1 is 1.42 bits per heavy atom. The Morgan fingerprint density at radius 3 is 2.68 bits per heavy atom. The highest BCUT2D eigenvalue weighted by Crippen LogP contribution is 2.47. The van der Waals surface area contributed by atoms with Crippen LogP contribution in [0.3, 0.4) is 0 Å². The van der Waals surface area contributed by atoms with Crippen molar-refractivity contribution in [3.05, 3.63) is 23.4 Å². The summed E-state index contributed by atoms with van der Waals surface area (Å²) < 4.78 is 0. The molecule has 4 heteroatoms. The molecule has 1 spiro atoms. The van der Waals surface area contributed by atoms with Gasteiger partial charge in [-0.3, -0.25) is 4.79 Å². The zero-order chi connectivity index (χ0) is 13.8. The van der Waals surface area contributed by atoms with Crippen molar-refractivity contribution in [1.29, 1.82) is 0 Å². The van der Waals surface area contributed by atoms with Crippen LogP contribution in [0.5, 0.6) is 0 Å². The van der Waals surface area contributed by atoms with E-state index in [0.717, 1.165) is 30.6 Å². The lowest BCUT2D eigenvalue weighted by Crippen LogP contribution is -2.56. The molecule has 4 nitrogen and oxygen atoms in total. The third-order valence-corrected chi connectivity index (χ3v) is 4.38. The summed E-state index contributed by atoms with van der Waals surface area (Å²) in [6, 6.07) is 2.36. The number of carbonyl (C=O) groups is 1. The molecule has 102 valence electrons. The molecule has 0 radical (unpaired) electrons. The molecule has 0 saturated heterocycles. The van der Waals surface area contributed by atoms with Gasteiger partial charge in [-0.25, -0.2) is 4.98 Å². The molecule has 0 bridgehead atoms. The smallest absolute Gasteiger partial charge is 0.232 e. The van der Waals surface area contributed by atoms with Gasteiger partial charge in [0.15, 0.2) is 0 Å². The Labute approximate surface area is 113 Å². The summed E-state index contributed by atoms with van der Waals surface area (Å²) in [6.07, 6.45) is 4.22. The average Bonchev–Trinajstić information content (AvgIpc) is 2.26. The number of carbonyl (C=O) groups excluding carboxylic acids is 1. The minimum atomic E-state index is -0.273. The quantitative estimate of drug-likeness (QED) is 0.748. The Hall–Kier alpha value is -1.42. The third-order valence-electron chi connectivity index (χ3n) is 4.38. The highest BCUT2D eigenvalue weighted by atomic mass is 16.2. The van der Waals surface area contributed by atoms with Crippen molar-refractivity contribution < 1.29 is 4.79 Å². The Kier molecular flexibility index (Phi) is 2.52. The van der Waals surface area contributed by atoms with E-state index in [1.54, 1.807) is 0 Å². The lowest BCUT2D eigenvalue weighted by molar-refractivity contribution is -0.131. The number of nitrogens with one attached hydrogen (secondary N) is 1. The summed E-state index contributed by atoms with van der Waals surface area (Å²) in [7, 11) is 0. The largest absolute Gasteiger partial charge is 0.328 e. The molecule has 1 amide bonds. The number of anilines is 1. The molecule has 3 N–H and O–H groups in total. The lowest BCUT2D eigenvalue weighted by Gasteiger charge is -2.47. The van der Waals surface area contributed by atoms with Crippen LogP contribution in [0, 0.1) is 5.41 Å². The van der Waals surface area contributed by atoms with Gasteiger partial charge in [-0.05, 0) is 35.8 Å². The molecule has 1 aliphatic carbocycles. The number of nitrogens with two attached hydrogens (primary N) is 1. The fourth-order valence-electron chi connectivity index (χ4n) is 3.13. The van der Waals surface area contributed by atoms with E-state index in [4.69, 9.17) is 5.73 Å². The lowest BCUT2D eigenvalue weighted by atomic mass is 9.61. The molecule has 1 aromatic rings. The molecule has 3 rings (SSSR count). The Morgan fingerprint density at radius 2 is 2.11 bits per heavy atom. The van der Waals surface area contributed by atoms with Crippen LogP contribution in [0.2, 0.25) is 0 Å². The van der Waals surface area contributed by atoms with Gasteiger partial charge in [0.2, 0.25) is 5.91 Å². The van der Waals surface area contributed by atoms with Gasteiger partial charge in [0.25, 0.3) is 0 Å². The number of pyridine rings is 1. The van der Waals surface area contributed by atoms with Crippen molar-refractivity contribution in [3.63, 3.8) is 0 Å². The van der Waals surface area contributed by atoms with E-state index in [0.29, 0.717) is 0 Å². The molecule has 1 saturated carbocycles. The van der Waals surface area contributed by atoms with Gasteiger partial charge in [-0.15, -0.1) is 0 Å². The van der Waals surface area contributed by atoms with Gasteiger partial charge in [-0.2, -0.15) is 0 Å². The van der Waals surface area contributed by atoms with Crippen molar-refractivity contribution in [2.75, 3.05) is 5.32 Å². The topological polar surface area (TPSA) is 68.0 Å². The summed E-state index contributed by atoms with van der Waals surface area (Å²) in [5, 5.41) is 2.95. The second kappa shape index (κ2) is 3.79. The van der Waals surface area contributed by atoms with Gasteiger partial charge in [0.1, 0.15) is 5.82 Å². The number of nitrogens with zero attached hydrogens (tertiary/aromatic N) is 1. The second-order valence-corrected chi connectivity index (χ2v) is 7.06. The molecule has 2 heterocycles. The predicted octanol–water partition coefficient (Wildman–Crippen LogP) is 1.98. The average molecular weight is 259 g/mol. The summed E-state index contributed by atoms with van der Waals surface area (Å²) in [6.45, 7) is 6.52. The molecular formula is C15H21N3O. The van der Waals surface area contributed by atoms with Crippen molar-refractivity contribution in [2.24, 2.45) is 11.1 Å². The van der Waals surface area contributed by atoms with Crippen molar-refractivity contribution in [1.82, 2.24) is 4.98 Å². The van der Waals surface area contributed by atoms with Gasteiger partial charge < -0.3 is 11.1 Å². The third kappa shape index (κ3) is 1.94. The van der Waals surface area contributed by atoms with Crippen LogP contribution in [0.1, 0.15) is 44.7 Å². The molecule has 19 heavy (non-hydrogen) atoms. The fraction of sp³-hybridized carbons (Fsp3) is 0.600. The standard InChI is InChI=1S/C15H21N3O/c1-14(2,3)10-4-9-5-15(6-11(16)7-15)13(19)18-12(9)17-8-10/h4,8,11H,5-7,16H2,1-3H3,(H,17,18,19). The second-order valence-electron chi connectivity index (χ2n) is 7.06. The number of hydrogen-bond donors (Lipinski definition) is 2. The predicted molar refractivity (Wildman–Crippen MR) is 74.9 cm³/mol. The highest BCUT2D eigenvalue weighted by molar-refractivity contribution is 5.98. The monoisotopic (exact) mass is 259 g/mol. The van der Waals surface area contributed by atoms with Gasteiger partial charge >= 0.3 is 0 Å². The SMILES string of the molecule is CC(C)(C)c1cnc2c(c1)CC1(CC(N)C1)C(=O)N2. The minimum Gasteiger partial charge on any atom is -0.328 e. The summed E-state index contributed by atoms with van der Waals surface area (Å²) in [5.41, 5.74) is 8.03. The van der Waals surface area contributed by atoms with Crippen LogP contribution in [0.4, 0.5) is 5.82 Å². The number of aromatic nitrogens is 1. The molecule has 0 aromatic carbocycles. The summed E-state index contributed by atoms with van der Waals surface area (Å²) >= 11 is 0. The number of rotatable bonds is 0. The molecule has 0 atom stereocenters. The van der Waals surface area contributed by atoms with E-state index in [1.807, 2.05) is 6.20 Å². The van der Waals surface area contributed by atoms with Crippen molar-refractivity contribution in [3.8, 4) is 0 Å². The molecular weight excluding hydrogens is 238 g/mol. The zero-order valence-corrected chi connectivity index (χ0v) is 11.8. The van der Waals surface area contributed by atoms with Crippen LogP contribution < -0.4 is 11.1 Å². The summed E-state index contributed by atoms with van der Waals surface area (Å²) in [4.78, 5) is 16.6. The van der Waals surface area contributed by atoms with Crippen LogP contribution in [-0.2, 0) is 16.6 Å². The highest BCUT2D eigenvalue weighted by Gasteiger charge is 2.51. The maximum atomic E-state index is 12.2. The van der Waals surface area contributed by atoms with E-state index in [9.17, 15) is 4.79 Å². The van der Waals surface area contributed by atoms with Crippen LogP contribution >= 0.6 is 0 Å². The normalized spacial score (nSPS) is 29.7. The molecule has 0 unspecified atom stereocenters. The summed E-state index contributed by atoms with van der Waals surface area (Å²) in [5.74, 6) is 0.821. The number of amides is 1. The first-order chi connectivity index (χ1) is 8.80. The minimum absolute atomic E-state index is 0.0761. The maximum Gasteiger partial charge on any atom is 0.232 e. The number of fused-ring (bicyclic) bond motifs is 1. The van der Waals surface area contributed by atoms with Crippen LogP contribution in [0.25, 0.3) is 0 Å². The van der Waals surface area contributed by atoms with Gasteiger partial charge in [-0.1, -0.05) is 26.8 Å². The molecule has 1 fully saturated rings.